The minimum absolute atomic E-state index is 0.0527. The third-order valence-corrected chi connectivity index (χ3v) is 3.18. The van der Waals surface area contributed by atoms with Crippen LogP contribution in [0.25, 0.3) is 11.7 Å². The number of amides is 1. The summed E-state index contributed by atoms with van der Waals surface area (Å²) in [5.41, 5.74) is 0. The molecule has 2 aromatic heterocycles. The highest BCUT2D eigenvalue weighted by molar-refractivity contribution is 5.75. The van der Waals surface area contributed by atoms with Gasteiger partial charge in [0.05, 0.1) is 12.4 Å². The van der Waals surface area contributed by atoms with Crippen molar-refractivity contribution in [2.75, 3.05) is 13.2 Å². The first-order valence-corrected chi connectivity index (χ1v) is 6.72. The van der Waals surface area contributed by atoms with Crippen LogP contribution in [0.15, 0.2) is 32.0 Å². The Balaban J connectivity index is 1.59. The Hall–Kier alpha value is -2.35. The molecule has 1 N–H and O–H groups in total. The minimum atomic E-state index is -0.700. The molecule has 0 radical (unpaired) electrons. The van der Waals surface area contributed by atoms with E-state index >= 15 is 0 Å². The number of nitrogens with zero attached hydrogens (tertiary/aromatic N) is 2. The van der Waals surface area contributed by atoms with E-state index in [1.54, 1.807) is 12.1 Å². The van der Waals surface area contributed by atoms with Crippen molar-refractivity contribution < 1.29 is 18.4 Å². The van der Waals surface area contributed by atoms with Crippen LogP contribution in [0.1, 0.15) is 12.8 Å². The van der Waals surface area contributed by atoms with Gasteiger partial charge in [0.1, 0.15) is 6.54 Å². The third kappa shape index (κ3) is 3.22. The van der Waals surface area contributed by atoms with Gasteiger partial charge in [-0.25, -0.2) is 4.79 Å². The van der Waals surface area contributed by atoms with Crippen molar-refractivity contribution in [2.45, 2.75) is 25.5 Å². The van der Waals surface area contributed by atoms with Crippen molar-refractivity contribution in [3.63, 3.8) is 0 Å². The molecule has 0 aromatic carbocycles. The number of aromatic nitrogens is 2. The second-order valence-electron chi connectivity index (χ2n) is 4.75. The molecule has 3 rings (SSSR count). The number of ether oxygens (including phenoxy) is 1. The van der Waals surface area contributed by atoms with Crippen LogP contribution in [-0.2, 0) is 16.1 Å². The summed E-state index contributed by atoms with van der Waals surface area (Å²) in [6, 6.07) is 3.27. The second-order valence-corrected chi connectivity index (χ2v) is 4.75. The molecule has 112 valence electrons. The van der Waals surface area contributed by atoms with E-state index in [2.05, 4.69) is 10.4 Å². The van der Waals surface area contributed by atoms with Crippen molar-refractivity contribution in [1.82, 2.24) is 15.1 Å². The maximum Gasteiger partial charge on any atom is 0.437 e. The molecule has 1 aliphatic rings. The number of hydrogen-bond donors (Lipinski definition) is 1. The lowest BCUT2D eigenvalue weighted by atomic mass is 10.2. The Bertz CT molecular complexity index is 652. The van der Waals surface area contributed by atoms with Crippen molar-refractivity contribution in [3.8, 4) is 11.7 Å². The number of carbonyl (C=O) groups excluding carboxylic acids is 1. The van der Waals surface area contributed by atoms with E-state index in [1.165, 1.54) is 6.26 Å². The molecule has 8 nitrogen and oxygen atoms in total. The van der Waals surface area contributed by atoms with Gasteiger partial charge in [-0.15, -0.1) is 5.10 Å². The summed E-state index contributed by atoms with van der Waals surface area (Å²) >= 11 is 0. The van der Waals surface area contributed by atoms with Gasteiger partial charge < -0.3 is 18.9 Å². The van der Waals surface area contributed by atoms with Gasteiger partial charge in [0, 0.05) is 13.2 Å². The Morgan fingerprint density at radius 1 is 1.52 bits per heavy atom. The maximum atomic E-state index is 11.8. The lowest BCUT2D eigenvalue weighted by Gasteiger charge is -2.10. The van der Waals surface area contributed by atoms with Gasteiger partial charge in [-0.3, -0.25) is 4.79 Å². The molecule has 0 bridgehead atoms. The lowest BCUT2D eigenvalue weighted by molar-refractivity contribution is -0.122. The average molecular weight is 293 g/mol. The zero-order valence-corrected chi connectivity index (χ0v) is 11.3. The maximum absolute atomic E-state index is 11.8. The van der Waals surface area contributed by atoms with E-state index in [1.807, 2.05) is 0 Å². The summed E-state index contributed by atoms with van der Waals surface area (Å²) in [4.78, 5) is 23.4. The molecule has 1 saturated heterocycles. The van der Waals surface area contributed by atoms with Crippen LogP contribution >= 0.6 is 0 Å². The van der Waals surface area contributed by atoms with Crippen molar-refractivity contribution >= 4 is 5.91 Å². The molecule has 1 fully saturated rings. The summed E-state index contributed by atoms with van der Waals surface area (Å²) in [7, 11) is 0. The number of rotatable bonds is 5. The highest BCUT2D eigenvalue weighted by atomic mass is 16.5. The smallest absolute Gasteiger partial charge is 0.437 e. The van der Waals surface area contributed by atoms with Crippen LogP contribution in [-0.4, -0.2) is 34.9 Å². The molecule has 0 saturated carbocycles. The van der Waals surface area contributed by atoms with Crippen LogP contribution in [0.2, 0.25) is 0 Å². The molecular weight excluding hydrogens is 278 g/mol. The molecule has 1 unspecified atom stereocenters. The Kier molecular flexibility index (Phi) is 3.87. The van der Waals surface area contributed by atoms with Gasteiger partial charge >= 0.3 is 5.76 Å². The molecule has 21 heavy (non-hydrogen) atoms. The van der Waals surface area contributed by atoms with Crippen molar-refractivity contribution in [3.05, 3.63) is 28.9 Å². The zero-order chi connectivity index (χ0) is 14.7. The molecular formula is C13H15N3O5. The number of nitrogens with one attached hydrogen (secondary N) is 1. The number of carbonyl (C=O) groups is 1. The van der Waals surface area contributed by atoms with Gasteiger partial charge in [0.15, 0.2) is 5.76 Å². The van der Waals surface area contributed by atoms with E-state index in [-0.39, 0.29) is 24.4 Å². The highest BCUT2D eigenvalue weighted by Gasteiger charge is 2.18. The zero-order valence-electron chi connectivity index (χ0n) is 11.3. The van der Waals surface area contributed by atoms with E-state index < -0.39 is 5.76 Å². The van der Waals surface area contributed by atoms with Crippen LogP contribution < -0.4 is 11.1 Å². The summed E-state index contributed by atoms with van der Waals surface area (Å²) in [5.74, 6) is -0.622. The van der Waals surface area contributed by atoms with Crippen LogP contribution in [0.4, 0.5) is 0 Å². The summed E-state index contributed by atoms with van der Waals surface area (Å²) < 4.78 is 16.4. The summed E-state index contributed by atoms with van der Waals surface area (Å²) in [6.07, 6.45) is 3.45. The van der Waals surface area contributed by atoms with E-state index in [4.69, 9.17) is 13.6 Å². The van der Waals surface area contributed by atoms with E-state index in [0.717, 1.165) is 24.1 Å². The fraction of sp³-hybridized carbons (Fsp3) is 0.462. The average Bonchev–Trinajstić information content (AvgIpc) is 3.18. The Morgan fingerprint density at radius 2 is 2.43 bits per heavy atom. The van der Waals surface area contributed by atoms with Crippen LogP contribution in [0.5, 0.6) is 0 Å². The SMILES string of the molecule is O=C(Cn1nc(-c2ccco2)oc1=O)NCC1CCCO1. The third-order valence-electron chi connectivity index (χ3n) is 3.18. The minimum Gasteiger partial charge on any atom is -0.459 e. The van der Waals surface area contributed by atoms with Gasteiger partial charge in [-0.1, -0.05) is 0 Å². The van der Waals surface area contributed by atoms with Gasteiger partial charge in [0.25, 0.3) is 5.89 Å². The van der Waals surface area contributed by atoms with E-state index in [0.29, 0.717) is 12.3 Å². The summed E-state index contributed by atoms with van der Waals surface area (Å²) in [6.45, 7) is 0.974. The van der Waals surface area contributed by atoms with E-state index in [9.17, 15) is 9.59 Å². The fourth-order valence-electron chi connectivity index (χ4n) is 2.13. The Morgan fingerprint density at radius 3 is 3.14 bits per heavy atom. The molecule has 3 heterocycles. The van der Waals surface area contributed by atoms with Crippen LogP contribution in [0, 0.1) is 0 Å². The molecule has 2 aromatic rings. The Labute approximate surface area is 119 Å². The largest absolute Gasteiger partial charge is 0.459 e. The molecule has 0 aliphatic carbocycles. The lowest BCUT2D eigenvalue weighted by Crippen LogP contribution is -2.36. The standard InChI is InChI=1S/C13H15N3O5/c17-11(14-7-9-3-1-5-19-9)8-16-13(18)21-12(15-16)10-4-2-6-20-10/h2,4,6,9H,1,3,5,7-8H2,(H,14,17). The molecule has 1 atom stereocenters. The number of hydrogen-bond acceptors (Lipinski definition) is 6. The molecule has 1 aliphatic heterocycles. The number of furan rings is 1. The first-order chi connectivity index (χ1) is 10.2. The van der Waals surface area contributed by atoms with Crippen LogP contribution in [0.3, 0.4) is 0 Å². The van der Waals surface area contributed by atoms with Crippen molar-refractivity contribution in [1.29, 1.82) is 0 Å². The first-order valence-electron chi connectivity index (χ1n) is 6.72. The molecule has 1 amide bonds. The normalized spacial score (nSPS) is 18.0. The van der Waals surface area contributed by atoms with Gasteiger partial charge in [-0.05, 0) is 25.0 Å². The monoisotopic (exact) mass is 293 g/mol. The van der Waals surface area contributed by atoms with Crippen molar-refractivity contribution in [2.24, 2.45) is 0 Å². The predicted molar refractivity (Wildman–Crippen MR) is 70.4 cm³/mol. The predicted octanol–water partition coefficient (Wildman–Crippen LogP) is 0.391. The van der Waals surface area contributed by atoms with Gasteiger partial charge in [0.2, 0.25) is 5.91 Å². The van der Waals surface area contributed by atoms with Gasteiger partial charge in [-0.2, -0.15) is 4.68 Å². The fourth-order valence-corrected chi connectivity index (χ4v) is 2.13. The topological polar surface area (TPSA) is 99.5 Å². The quantitative estimate of drug-likeness (QED) is 0.856. The molecule has 8 heteroatoms. The second kappa shape index (κ2) is 5.96. The summed E-state index contributed by atoms with van der Waals surface area (Å²) in [5, 5.41) is 6.64. The highest BCUT2D eigenvalue weighted by Crippen LogP contribution is 2.15. The first kappa shape index (κ1) is 13.6. The molecule has 0 spiro atoms.